The maximum absolute atomic E-state index is 2.43. The molecule has 0 rings (SSSR count). The molecule has 0 bridgehead atoms. The predicted octanol–water partition coefficient (Wildman–Crippen LogP) is 0.891. The van der Waals surface area contributed by atoms with Crippen LogP contribution in [0.4, 0.5) is 0 Å². The molecule has 0 aromatic carbocycles. The average Bonchev–Trinajstić information content (AvgIpc) is 1.64. The van der Waals surface area contributed by atoms with Gasteiger partial charge in [0.25, 0.3) is 0 Å². The minimum atomic E-state index is 0.213. The van der Waals surface area contributed by atoms with Crippen LogP contribution in [0.15, 0.2) is 0 Å². The van der Waals surface area contributed by atoms with Crippen LogP contribution < -0.4 is 0 Å². The van der Waals surface area contributed by atoms with Crippen LogP contribution in [-0.4, -0.2) is 33.2 Å². The van der Waals surface area contributed by atoms with Crippen molar-refractivity contribution in [3.63, 3.8) is 0 Å². The van der Waals surface area contributed by atoms with Crippen molar-refractivity contribution in [2.45, 2.75) is 32.9 Å². The van der Waals surface area contributed by atoms with Crippen molar-refractivity contribution >= 4 is 9.52 Å². The third kappa shape index (κ3) is 3.70. The normalized spacial score (nSPS) is 14.0. The Balaban J connectivity index is 3.59. The summed E-state index contributed by atoms with van der Waals surface area (Å²) in [4.78, 5) is 2.43. The van der Waals surface area contributed by atoms with Crippen molar-refractivity contribution in [1.29, 1.82) is 0 Å². The van der Waals surface area contributed by atoms with E-state index in [2.05, 4.69) is 39.3 Å². The van der Waals surface area contributed by atoms with Gasteiger partial charge in [-0.3, -0.25) is 0 Å². The lowest BCUT2D eigenvalue weighted by molar-refractivity contribution is 0.205. The van der Waals surface area contributed by atoms with Gasteiger partial charge in [-0.05, 0) is 34.0 Å². The van der Waals surface area contributed by atoms with Crippen LogP contribution in [-0.2, 0) is 0 Å². The van der Waals surface area contributed by atoms with E-state index < -0.39 is 0 Å². The van der Waals surface area contributed by atoms with E-state index in [1.54, 1.807) is 0 Å². The van der Waals surface area contributed by atoms with Gasteiger partial charge in [0, 0.05) is 15.1 Å². The molecule has 0 saturated carbocycles. The van der Waals surface area contributed by atoms with Crippen LogP contribution in [0, 0.1) is 0 Å². The van der Waals surface area contributed by atoms with Gasteiger partial charge in [-0.15, -0.1) is 0 Å². The van der Waals surface area contributed by atoms with E-state index in [4.69, 9.17) is 0 Å². The molecule has 2 heteroatoms. The molecule has 56 valence electrons. The molecular weight excluding hydrogens is 126 g/mol. The quantitative estimate of drug-likeness (QED) is 0.522. The molecule has 0 aliphatic heterocycles. The lowest BCUT2D eigenvalue weighted by atomic mass is 10.1. The molecule has 0 unspecified atom stereocenters. The maximum Gasteiger partial charge on any atom is 0.0338 e. The molecule has 0 atom stereocenters. The maximum atomic E-state index is 2.43. The van der Waals surface area contributed by atoms with Crippen molar-refractivity contribution in [2.24, 2.45) is 0 Å². The summed E-state index contributed by atoms with van der Waals surface area (Å²) in [5.41, 5.74) is 0.378. The van der Waals surface area contributed by atoms with Crippen LogP contribution in [0.25, 0.3) is 0 Å². The molecule has 0 amide bonds. The van der Waals surface area contributed by atoms with Crippen molar-refractivity contribution in [3.8, 4) is 0 Å². The SMILES string of the molecule is C[SiH2]CN(C)C(C)(C)C. The van der Waals surface area contributed by atoms with E-state index in [1.165, 1.54) is 6.17 Å². The molecule has 0 aliphatic carbocycles. The second kappa shape index (κ2) is 3.37. The van der Waals surface area contributed by atoms with Crippen molar-refractivity contribution in [3.05, 3.63) is 0 Å². The Morgan fingerprint density at radius 3 is 1.89 bits per heavy atom. The van der Waals surface area contributed by atoms with E-state index in [-0.39, 0.29) is 9.52 Å². The summed E-state index contributed by atoms with van der Waals surface area (Å²) < 4.78 is 0. The summed E-state index contributed by atoms with van der Waals surface area (Å²) in [6, 6.07) is 0. The lowest BCUT2D eigenvalue weighted by Crippen LogP contribution is -2.40. The highest BCUT2D eigenvalue weighted by Gasteiger charge is 2.14. The Hall–Kier alpha value is 0.177. The Kier molecular flexibility index (Phi) is 3.44. The van der Waals surface area contributed by atoms with E-state index in [0.717, 1.165) is 0 Å². The largest absolute Gasteiger partial charge is 0.305 e. The molecule has 0 radical (unpaired) electrons. The Bertz CT molecular complexity index is 75.5. The highest BCUT2D eigenvalue weighted by molar-refractivity contribution is 6.33. The first-order valence-electron chi connectivity index (χ1n) is 3.69. The van der Waals surface area contributed by atoms with Crippen LogP contribution in [0.3, 0.4) is 0 Å². The molecular formula is C7H19NSi. The van der Waals surface area contributed by atoms with Crippen LogP contribution in [0.5, 0.6) is 0 Å². The summed E-state index contributed by atoms with van der Waals surface area (Å²) >= 11 is 0. The monoisotopic (exact) mass is 145 g/mol. The molecule has 0 aromatic heterocycles. The van der Waals surface area contributed by atoms with Gasteiger partial charge in [-0.1, -0.05) is 6.55 Å². The first kappa shape index (κ1) is 9.18. The zero-order valence-corrected chi connectivity index (χ0v) is 8.78. The van der Waals surface area contributed by atoms with Gasteiger partial charge >= 0.3 is 0 Å². The van der Waals surface area contributed by atoms with Crippen LogP contribution >= 0.6 is 0 Å². The molecule has 0 N–H and O–H groups in total. The average molecular weight is 145 g/mol. The topological polar surface area (TPSA) is 3.24 Å². The van der Waals surface area contributed by atoms with E-state index in [0.29, 0.717) is 5.54 Å². The molecule has 9 heavy (non-hydrogen) atoms. The summed E-state index contributed by atoms with van der Waals surface area (Å²) in [6.07, 6.45) is 1.34. The summed E-state index contributed by atoms with van der Waals surface area (Å²) in [7, 11) is 2.42. The summed E-state index contributed by atoms with van der Waals surface area (Å²) in [6.45, 7) is 9.13. The third-order valence-corrected chi connectivity index (χ3v) is 2.82. The number of rotatable bonds is 2. The highest BCUT2D eigenvalue weighted by Crippen LogP contribution is 2.08. The van der Waals surface area contributed by atoms with E-state index >= 15 is 0 Å². The summed E-state index contributed by atoms with van der Waals surface area (Å²) in [5.74, 6) is 0. The fraction of sp³-hybridized carbons (Fsp3) is 1.00. The first-order valence-corrected chi connectivity index (χ1v) is 6.11. The van der Waals surface area contributed by atoms with Gasteiger partial charge < -0.3 is 4.90 Å². The van der Waals surface area contributed by atoms with Crippen molar-refractivity contribution in [1.82, 2.24) is 4.90 Å². The number of nitrogens with zero attached hydrogens (tertiary/aromatic N) is 1. The Morgan fingerprint density at radius 1 is 1.33 bits per heavy atom. The van der Waals surface area contributed by atoms with E-state index in [1.807, 2.05) is 0 Å². The van der Waals surface area contributed by atoms with Gasteiger partial charge in [-0.2, -0.15) is 0 Å². The first-order chi connectivity index (χ1) is 3.98. The van der Waals surface area contributed by atoms with Crippen molar-refractivity contribution in [2.75, 3.05) is 13.2 Å². The van der Waals surface area contributed by atoms with Gasteiger partial charge in [0.2, 0.25) is 0 Å². The predicted molar refractivity (Wildman–Crippen MR) is 46.8 cm³/mol. The van der Waals surface area contributed by atoms with Gasteiger partial charge in [0.05, 0.1) is 0 Å². The fourth-order valence-corrected chi connectivity index (χ4v) is 2.01. The van der Waals surface area contributed by atoms with Gasteiger partial charge in [0.1, 0.15) is 0 Å². The van der Waals surface area contributed by atoms with Gasteiger partial charge in [0.15, 0.2) is 0 Å². The van der Waals surface area contributed by atoms with E-state index in [9.17, 15) is 0 Å². The minimum absolute atomic E-state index is 0.213. The molecule has 0 fully saturated rings. The smallest absolute Gasteiger partial charge is 0.0338 e. The molecule has 0 saturated heterocycles. The Morgan fingerprint density at radius 2 is 1.78 bits per heavy atom. The fourth-order valence-electron chi connectivity index (χ4n) is 0.671. The number of hydrogen-bond donors (Lipinski definition) is 0. The van der Waals surface area contributed by atoms with Crippen LogP contribution in [0.2, 0.25) is 6.55 Å². The molecule has 0 spiro atoms. The molecule has 0 aromatic rings. The summed E-state index contributed by atoms with van der Waals surface area (Å²) in [5, 5.41) is 0. The molecule has 0 aliphatic rings. The standard InChI is InChI=1S/C7H19NSi/c1-7(2,3)8(4)6-9-5/h6,9H2,1-5H3. The third-order valence-electron chi connectivity index (χ3n) is 1.70. The second-order valence-electron chi connectivity index (χ2n) is 3.59. The molecule has 1 nitrogen and oxygen atoms in total. The minimum Gasteiger partial charge on any atom is -0.305 e. The zero-order chi connectivity index (χ0) is 7.49. The zero-order valence-electron chi connectivity index (χ0n) is 7.36. The van der Waals surface area contributed by atoms with Gasteiger partial charge in [-0.25, -0.2) is 0 Å². The lowest BCUT2D eigenvalue weighted by Gasteiger charge is -2.31. The highest BCUT2D eigenvalue weighted by atomic mass is 28.2. The molecule has 0 heterocycles. The Labute approximate surface area is 61.3 Å². The number of hydrogen-bond acceptors (Lipinski definition) is 1. The van der Waals surface area contributed by atoms with Crippen molar-refractivity contribution < 1.29 is 0 Å². The second-order valence-corrected chi connectivity index (χ2v) is 5.04. The van der Waals surface area contributed by atoms with Crippen LogP contribution in [0.1, 0.15) is 20.8 Å².